The van der Waals surface area contributed by atoms with Crippen molar-refractivity contribution in [3.63, 3.8) is 0 Å². The van der Waals surface area contributed by atoms with Crippen LogP contribution in [0.5, 0.6) is 6.01 Å². The third-order valence-electron chi connectivity index (χ3n) is 3.13. The highest BCUT2D eigenvalue weighted by molar-refractivity contribution is 5.60. The molecule has 0 bridgehead atoms. The molecule has 3 aromatic rings. The minimum atomic E-state index is 0.195. The maximum absolute atomic E-state index is 5.68. The van der Waals surface area contributed by atoms with Crippen LogP contribution in [-0.4, -0.2) is 22.1 Å². The normalized spacial score (nSPS) is 10.2. The van der Waals surface area contributed by atoms with E-state index >= 15 is 0 Å². The van der Waals surface area contributed by atoms with E-state index in [4.69, 9.17) is 16.2 Å². The van der Waals surface area contributed by atoms with Crippen LogP contribution in [0.2, 0.25) is 0 Å². The van der Waals surface area contributed by atoms with Gasteiger partial charge in [0.25, 0.3) is 0 Å². The number of benzene rings is 2. The maximum atomic E-state index is 5.68. The Labute approximate surface area is 138 Å². The Balaban J connectivity index is 1.84. The zero-order valence-electron chi connectivity index (χ0n) is 13.0. The molecule has 24 heavy (non-hydrogen) atoms. The number of methoxy groups -OCH3 is 1. The van der Waals surface area contributed by atoms with E-state index < -0.39 is 0 Å². The predicted molar refractivity (Wildman–Crippen MR) is 94.7 cm³/mol. The van der Waals surface area contributed by atoms with Crippen LogP contribution in [0.25, 0.3) is 0 Å². The first-order valence-corrected chi connectivity index (χ1v) is 7.17. The number of hydrogen-bond donors (Lipinski definition) is 4. The van der Waals surface area contributed by atoms with E-state index in [2.05, 4.69) is 25.6 Å². The highest BCUT2D eigenvalue weighted by atomic mass is 16.5. The van der Waals surface area contributed by atoms with Crippen LogP contribution in [-0.2, 0) is 0 Å². The number of nitrogens with zero attached hydrogens (tertiary/aromatic N) is 3. The van der Waals surface area contributed by atoms with Gasteiger partial charge >= 0.3 is 6.01 Å². The van der Waals surface area contributed by atoms with Crippen LogP contribution in [0.15, 0.2) is 48.5 Å². The number of aromatic nitrogens is 3. The average molecular weight is 323 g/mol. The zero-order chi connectivity index (χ0) is 16.9. The van der Waals surface area contributed by atoms with E-state index in [9.17, 15) is 0 Å². The first-order valence-electron chi connectivity index (χ1n) is 7.17. The van der Waals surface area contributed by atoms with Gasteiger partial charge in [-0.15, -0.1) is 0 Å². The fourth-order valence-electron chi connectivity index (χ4n) is 1.95. The molecule has 6 N–H and O–H groups in total. The number of nitrogen functional groups attached to an aromatic ring is 2. The Hall–Kier alpha value is -3.55. The van der Waals surface area contributed by atoms with E-state index in [0.717, 1.165) is 11.4 Å². The van der Waals surface area contributed by atoms with Crippen LogP contribution in [0.4, 0.5) is 34.6 Å². The van der Waals surface area contributed by atoms with Crippen molar-refractivity contribution >= 4 is 34.6 Å². The lowest BCUT2D eigenvalue weighted by atomic mass is 10.3. The second kappa shape index (κ2) is 6.69. The Morgan fingerprint density at radius 3 is 1.50 bits per heavy atom. The van der Waals surface area contributed by atoms with Gasteiger partial charge < -0.3 is 26.8 Å². The summed E-state index contributed by atoms with van der Waals surface area (Å²) < 4.78 is 5.13. The van der Waals surface area contributed by atoms with Crippen molar-refractivity contribution in [2.24, 2.45) is 0 Å². The molecular formula is C16H17N7O. The predicted octanol–water partition coefficient (Wildman–Crippen LogP) is 2.53. The first kappa shape index (κ1) is 15.3. The van der Waals surface area contributed by atoms with Gasteiger partial charge in [-0.05, 0) is 48.5 Å². The molecule has 0 fully saturated rings. The second-order valence-electron chi connectivity index (χ2n) is 4.96. The number of nitrogens with one attached hydrogen (secondary N) is 2. The van der Waals surface area contributed by atoms with Gasteiger partial charge in [0, 0.05) is 22.7 Å². The van der Waals surface area contributed by atoms with Crippen molar-refractivity contribution in [3.05, 3.63) is 48.5 Å². The molecule has 0 atom stereocenters. The maximum Gasteiger partial charge on any atom is 0.322 e. The molecule has 0 aliphatic heterocycles. The monoisotopic (exact) mass is 323 g/mol. The zero-order valence-corrected chi connectivity index (χ0v) is 13.0. The van der Waals surface area contributed by atoms with Gasteiger partial charge in [-0.2, -0.15) is 15.0 Å². The number of anilines is 6. The topological polar surface area (TPSA) is 124 Å². The van der Waals surface area contributed by atoms with Gasteiger partial charge in [0.1, 0.15) is 0 Å². The van der Waals surface area contributed by atoms with Crippen LogP contribution < -0.4 is 26.8 Å². The van der Waals surface area contributed by atoms with Crippen molar-refractivity contribution in [1.29, 1.82) is 0 Å². The van der Waals surface area contributed by atoms with Gasteiger partial charge in [-0.3, -0.25) is 0 Å². The summed E-state index contributed by atoms with van der Waals surface area (Å²) in [6, 6.07) is 14.7. The second-order valence-corrected chi connectivity index (χ2v) is 4.96. The third kappa shape index (κ3) is 3.80. The minimum Gasteiger partial charge on any atom is -0.467 e. The molecule has 0 amide bonds. The summed E-state index contributed by atoms with van der Waals surface area (Å²) in [7, 11) is 1.50. The summed E-state index contributed by atoms with van der Waals surface area (Å²) >= 11 is 0. The molecule has 8 heteroatoms. The lowest BCUT2D eigenvalue weighted by molar-refractivity contribution is 0.380. The summed E-state index contributed by atoms with van der Waals surface area (Å²) in [6.45, 7) is 0. The van der Waals surface area contributed by atoms with Crippen LogP contribution in [0, 0.1) is 0 Å². The summed E-state index contributed by atoms with van der Waals surface area (Å²) in [6.07, 6.45) is 0. The number of hydrogen-bond acceptors (Lipinski definition) is 8. The molecule has 0 unspecified atom stereocenters. The molecular weight excluding hydrogens is 306 g/mol. The Morgan fingerprint density at radius 2 is 1.12 bits per heavy atom. The molecule has 2 aromatic carbocycles. The first-order chi connectivity index (χ1) is 11.6. The molecule has 0 spiro atoms. The third-order valence-corrected chi connectivity index (χ3v) is 3.13. The van der Waals surface area contributed by atoms with Crippen LogP contribution >= 0.6 is 0 Å². The van der Waals surface area contributed by atoms with Crippen LogP contribution in [0.3, 0.4) is 0 Å². The van der Waals surface area contributed by atoms with Gasteiger partial charge in [-0.1, -0.05) is 0 Å². The summed E-state index contributed by atoms with van der Waals surface area (Å²) in [4.78, 5) is 12.7. The molecule has 0 aliphatic rings. The van der Waals surface area contributed by atoms with Crippen LogP contribution in [0.1, 0.15) is 0 Å². The van der Waals surface area contributed by atoms with Gasteiger partial charge in [0.2, 0.25) is 11.9 Å². The van der Waals surface area contributed by atoms with E-state index in [1.807, 2.05) is 24.3 Å². The van der Waals surface area contributed by atoms with E-state index in [0.29, 0.717) is 23.3 Å². The van der Waals surface area contributed by atoms with E-state index in [1.165, 1.54) is 7.11 Å². The highest BCUT2D eigenvalue weighted by Crippen LogP contribution is 2.20. The van der Waals surface area contributed by atoms with E-state index in [1.54, 1.807) is 24.3 Å². The quantitative estimate of drug-likeness (QED) is 0.528. The van der Waals surface area contributed by atoms with Crippen molar-refractivity contribution < 1.29 is 4.74 Å². The number of ether oxygens (including phenoxy) is 1. The fourth-order valence-corrected chi connectivity index (χ4v) is 1.95. The molecule has 122 valence electrons. The summed E-state index contributed by atoms with van der Waals surface area (Å²) in [5, 5.41) is 6.17. The molecule has 0 radical (unpaired) electrons. The Kier molecular flexibility index (Phi) is 4.28. The Bertz CT molecular complexity index is 753. The fraction of sp³-hybridized carbons (Fsp3) is 0.0625. The number of nitrogens with two attached hydrogens (primary N) is 2. The Morgan fingerprint density at radius 1 is 0.708 bits per heavy atom. The lowest BCUT2D eigenvalue weighted by Gasteiger charge is -2.10. The standard InChI is InChI=1S/C16H17N7O/c1-24-16-22-14(19-12-6-2-10(17)3-7-12)21-15(23-16)20-13-8-4-11(18)5-9-13/h2-9H,17-18H2,1H3,(H2,19,20,21,22,23). The molecule has 0 saturated carbocycles. The lowest BCUT2D eigenvalue weighted by Crippen LogP contribution is -2.05. The largest absolute Gasteiger partial charge is 0.467 e. The average Bonchev–Trinajstić information content (AvgIpc) is 2.59. The van der Waals surface area contributed by atoms with E-state index in [-0.39, 0.29) is 6.01 Å². The van der Waals surface area contributed by atoms with Gasteiger partial charge in [0.15, 0.2) is 0 Å². The van der Waals surface area contributed by atoms with Crippen molar-refractivity contribution in [2.75, 3.05) is 29.2 Å². The highest BCUT2D eigenvalue weighted by Gasteiger charge is 2.08. The SMILES string of the molecule is COc1nc(Nc2ccc(N)cc2)nc(Nc2ccc(N)cc2)n1. The summed E-state index contributed by atoms with van der Waals surface area (Å²) in [5.41, 5.74) is 14.3. The minimum absolute atomic E-state index is 0.195. The van der Waals surface area contributed by atoms with Gasteiger partial charge in [-0.25, -0.2) is 0 Å². The van der Waals surface area contributed by atoms with Crippen molar-refractivity contribution in [3.8, 4) is 6.01 Å². The summed E-state index contributed by atoms with van der Waals surface area (Å²) in [5.74, 6) is 0.703. The smallest absolute Gasteiger partial charge is 0.322 e. The molecule has 1 aromatic heterocycles. The molecule has 0 aliphatic carbocycles. The molecule has 0 saturated heterocycles. The molecule has 1 heterocycles. The number of rotatable bonds is 5. The molecule has 3 rings (SSSR count). The van der Waals surface area contributed by atoms with Gasteiger partial charge in [0.05, 0.1) is 7.11 Å². The van der Waals surface area contributed by atoms with Crippen molar-refractivity contribution in [2.45, 2.75) is 0 Å². The molecule has 8 nitrogen and oxygen atoms in total. The van der Waals surface area contributed by atoms with Crippen molar-refractivity contribution in [1.82, 2.24) is 15.0 Å².